The zero-order valence-electron chi connectivity index (χ0n) is 12.3. The average molecular weight is 308 g/mol. The number of anilines is 3. The molecular formula is C17H16N4O2. The fourth-order valence-electron chi connectivity index (χ4n) is 2.48. The number of hydrogen-bond donors (Lipinski definition) is 4. The first-order valence-electron chi connectivity index (χ1n) is 7.05. The lowest BCUT2D eigenvalue weighted by molar-refractivity contribution is 0.0697. The minimum absolute atomic E-state index is 0.0950. The highest BCUT2D eigenvalue weighted by molar-refractivity contribution is 6.06. The lowest BCUT2D eigenvalue weighted by Crippen LogP contribution is -2.09. The number of aromatic nitrogens is 1. The SMILES string of the molecule is Nc1ccccc1CNc1c(C(=O)O)cnc2c(N)cccc12. The van der Waals surface area contributed by atoms with Crippen molar-refractivity contribution < 1.29 is 9.90 Å². The van der Waals surface area contributed by atoms with E-state index in [0.29, 0.717) is 34.5 Å². The number of para-hydroxylation sites is 2. The number of benzene rings is 2. The molecule has 0 amide bonds. The molecule has 116 valence electrons. The van der Waals surface area contributed by atoms with Gasteiger partial charge in [0.05, 0.1) is 16.9 Å². The summed E-state index contributed by atoms with van der Waals surface area (Å²) >= 11 is 0. The summed E-state index contributed by atoms with van der Waals surface area (Å²) < 4.78 is 0. The largest absolute Gasteiger partial charge is 0.478 e. The second-order valence-electron chi connectivity index (χ2n) is 5.15. The van der Waals surface area contributed by atoms with E-state index in [1.165, 1.54) is 6.20 Å². The second-order valence-corrected chi connectivity index (χ2v) is 5.15. The molecule has 6 N–H and O–H groups in total. The third kappa shape index (κ3) is 2.74. The molecule has 0 aliphatic carbocycles. The van der Waals surface area contributed by atoms with Crippen LogP contribution < -0.4 is 16.8 Å². The number of fused-ring (bicyclic) bond motifs is 1. The molecule has 0 bridgehead atoms. The summed E-state index contributed by atoms with van der Waals surface area (Å²) in [7, 11) is 0. The number of nitrogens with one attached hydrogen (secondary N) is 1. The third-order valence-corrected chi connectivity index (χ3v) is 3.67. The van der Waals surface area contributed by atoms with Crippen LogP contribution in [0.4, 0.5) is 17.1 Å². The van der Waals surface area contributed by atoms with E-state index in [-0.39, 0.29) is 5.56 Å². The number of carboxylic acids is 1. The van der Waals surface area contributed by atoms with Gasteiger partial charge >= 0.3 is 5.97 Å². The molecular weight excluding hydrogens is 292 g/mol. The van der Waals surface area contributed by atoms with Crippen molar-refractivity contribution in [1.29, 1.82) is 0 Å². The first-order valence-corrected chi connectivity index (χ1v) is 7.05. The molecule has 0 aliphatic rings. The molecule has 0 saturated heterocycles. The molecule has 2 aromatic carbocycles. The Labute approximate surface area is 132 Å². The fraction of sp³-hybridized carbons (Fsp3) is 0.0588. The Balaban J connectivity index is 2.07. The van der Waals surface area contributed by atoms with Crippen LogP contribution in [0.3, 0.4) is 0 Å². The predicted octanol–water partition coefficient (Wildman–Crippen LogP) is 2.71. The third-order valence-electron chi connectivity index (χ3n) is 3.67. The van der Waals surface area contributed by atoms with Crippen LogP contribution in [0.5, 0.6) is 0 Å². The normalized spacial score (nSPS) is 10.6. The Bertz CT molecular complexity index is 893. The standard InChI is InChI=1S/C17H16N4O2/c18-13-6-2-1-4-10(13)8-20-15-11-5-3-7-14(19)16(11)21-9-12(15)17(22)23/h1-7,9H,8,18-19H2,(H,20,21)(H,22,23). The molecule has 0 unspecified atom stereocenters. The van der Waals surface area contributed by atoms with Crippen molar-refractivity contribution in [2.75, 3.05) is 16.8 Å². The first kappa shape index (κ1) is 14.6. The summed E-state index contributed by atoms with van der Waals surface area (Å²) in [5.41, 5.74) is 15.0. The number of nitrogens with two attached hydrogens (primary N) is 2. The summed E-state index contributed by atoms with van der Waals surface area (Å²) in [6.45, 7) is 0.404. The summed E-state index contributed by atoms with van der Waals surface area (Å²) in [6.07, 6.45) is 1.32. The van der Waals surface area contributed by atoms with E-state index in [9.17, 15) is 9.90 Å². The van der Waals surface area contributed by atoms with Gasteiger partial charge in [0.15, 0.2) is 0 Å². The number of pyridine rings is 1. The van der Waals surface area contributed by atoms with Crippen LogP contribution in [0.15, 0.2) is 48.7 Å². The number of rotatable bonds is 4. The van der Waals surface area contributed by atoms with Gasteiger partial charge in [0, 0.05) is 23.8 Å². The number of aromatic carboxylic acids is 1. The highest BCUT2D eigenvalue weighted by Gasteiger charge is 2.15. The highest BCUT2D eigenvalue weighted by Crippen LogP contribution is 2.30. The van der Waals surface area contributed by atoms with Crippen molar-refractivity contribution in [3.8, 4) is 0 Å². The maximum absolute atomic E-state index is 11.5. The predicted molar refractivity (Wildman–Crippen MR) is 91.3 cm³/mol. The average Bonchev–Trinajstić information content (AvgIpc) is 2.54. The van der Waals surface area contributed by atoms with E-state index in [1.54, 1.807) is 24.3 Å². The molecule has 0 aliphatic heterocycles. The van der Waals surface area contributed by atoms with Gasteiger partial charge in [-0.1, -0.05) is 30.3 Å². The first-order chi connectivity index (χ1) is 11.1. The van der Waals surface area contributed by atoms with Gasteiger partial charge in [-0.25, -0.2) is 4.79 Å². The lowest BCUT2D eigenvalue weighted by atomic mass is 10.1. The minimum atomic E-state index is -1.05. The van der Waals surface area contributed by atoms with Crippen LogP contribution in [0, 0.1) is 0 Å². The van der Waals surface area contributed by atoms with E-state index in [2.05, 4.69) is 10.3 Å². The topological polar surface area (TPSA) is 114 Å². The van der Waals surface area contributed by atoms with E-state index >= 15 is 0 Å². The Morgan fingerprint density at radius 1 is 1.09 bits per heavy atom. The summed E-state index contributed by atoms with van der Waals surface area (Å²) in [5, 5.41) is 13.2. The van der Waals surface area contributed by atoms with Crippen molar-refractivity contribution in [2.45, 2.75) is 6.54 Å². The summed E-state index contributed by atoms with van der Waals surface area (Å²) in [4.78, 5) is 15.7. The van der Waals surface area contributed by atoms with Gasteiger partial charge < -0.3 is 21.9 Å². The molecule has 0 radical (unpaired) electrons. The van der Waals surface area contributed by atoms with Gasteiger partial charge in [-0.05, 0) is 17.7 Å². The molecule has 1 heterocycles. The number of carbonyl (C=O) groups is 1. The summed E-state index contributed by atoms with van der Waals surface area (Å²) in [6, 6.07) is 12.7. The molecule has 6 heteroatoms. The van der Waals surface area contributed by atoms with Gasteiger partial charge in [0.1, 0.15) is 5.56 Å². The van der Waals surface area contributed by atoms with E-state index in [4.69, 9.17) is 11.5 Å². The van der Waals surface area contributed by atoms with Gasteiger partial charge in [-0.15, -0.1) is 0 Å². The van der Waals surface area contributed by atoms with Crippen LogP contribution >= 0.6 is 0 Å². The second kappa shape index (κ2) is 5.84. The molecule has 3 aromatic rings. The Kier molecular flexibility index (Phi) is 3.72. The van der Waals surface area contributed by atoms with Crippen LogP contribution in [-0.2, 0) is 6.54 Å². The van der Waals surface area contributed by atoms with Gasteiger partial charge in [-0.3, -0.25) is 4.98 Å². The molecule has 0 fully saturated rings. The number of nitrogen functional groups attached to an aromatic ring is 2. The van der Waals surface area contributed by atoms with E-state index < -0.39 is 5.97 Å². The maximum Gasteiger partial charge on any atom is 0.339 e. The van der Waals surface area contributed by atoms with Crippen molar-refractivity contribution >= 4 is 33.9 Å². The summed E-state index contributed by atoms with van der Waals surface area (Å²) in [5.74, 6) is -1.05. The number of nitrogens with zero attached hydrogens (tertiary/aromatic N) is 1. The van der Waals surface area contributed by atoms with Gasteiger partial charge in [0.2, 0.25) is 0 Å². The smallest absolute Gasteiger partial charge is 0.339 e. The molecule has 1 aromatic heterocycles. The minimum Gasteiger partial charge on any atom is -0.478 e. The zero-order valence-corrected chi connectivity index (χ0v) is 12.3. The lowest BCUT2D eigenvalue weighted by Gasteiger charge is -2.14. The number of carboxylic acid groups (broad SMARTS) is 1. The fourth-order valence-corrected chi connectivity index (χ4v) is 2.48. The van der Waals surface area contributed by atoms with Gasteiger partial charge in [-0.2, -0.15) is 0 Å². The van der Waals surface area contributed by atoms with Crippen molar-refractivity contribution in [3.05, 3.63) is 59.8 Å². The molecule has 6 nitrogen and oxygen atoms in total. The maximum atomic E-state index is 11.5. The molecule has 0 saturated carbocycles. The molecule has 3 rings (SSSR count). The van der Waals surface area contributed by atoms with E-state index in [1.807, 2.05) is 18.2 Å². The highest BCUT2D eigenvalue weighted by atomic mass is 16.4. The monoisotopic (exact) mass is 308 g/mol. The quantitative estimate of drug-likeness (QED) is 0.551. The van der Waals surface area contributed by atoms with Gasteiger partial charge in [0.25, 0.3) is 0 Å². The molecule has 0 spiro atoms. The Morgan fingerprint density at radius 2 is 1.83 bits per heavy atom. The molecule has 23 heavy (non-hydrogen) atoms. The van der Waals surface area contributed by atoms with Crippen molar-refractivity contribution in [3.63, 3.8) is 0 Å². The van der Waals surface area contributed by atoms with Crippen LogP contribution in [0.25, 0.3) is 10.9 Å². The van der Waals surface area contributed by atoms with Crippen LogP contribution in [0.1, 0.15) is 15.9 Å². The van der Waals surface area contributed by atoms with Crippen molar-refractivity contribution in [1.82, 2.24) is 4.98 Å². The molecule has 0 atom stereocenters. The van der Waals surface area contributed by atoms with E-state index in [0.717, 1.165) is 5.56 Å². The van der Waals surface area contributed by atoms with Crippen LogP contribution in [-0.4, -0.2) is 16.1 Å². The Morgan fingerprint density at radius 3 is 2.57 bits per heavy atom. The Hall–Kier alpha value is -3.28. The van der Waals surface area contributed by atoms with Crippen LogP contribution in [0.2, 0.25) is 0 Å². The number of hydrogen-bond acceptors (Lipinski definition) is 5. The van der Waals surface area contributed by atoms with Crippen molar-refractivity contribution in [2.24, 2.45) is 0 Å². The zero-order chi connectivity index (χ0) is 16.4.